The highest BCUT2D eigenvalue weighted by atomic mass is 32.2. The monoisotopic (exact) mass is 448 g/mol. The molecular formula is C24H21FN4O2S. The molecule has 6 nitrogen and oxygen atoms in total. The minimum absolute atomic E-state index is 0.171. The number of thioether (sulfide) groups is 1. The number of hydrogen-bond acceptors (Lipinski definition) is 5. The molecule has 162 valence electrons. The molecule has 0 aliphatic rings. The number of nitrogens with zero attached hydrogens (tertiary/aromatic N) is 3. The Morgan fingerprint density at radius 3 is 2.34 bits per heavy atom. The van der Waals surface area contributed by atoms with Gasteiger partial charge in [0.05, 0.1) is 12.4 Å². The highest BCUT2D eigenvalue weighted by Crippen LogP contribution is 2.30. The van der Waals surface area contributed by atoms with Crippen molar-refractivity contribution in [1.29, 1.82) is 0 Å². The Labute approximate surface area is 189 Å². The van der Waals surface area contributed by atoms with E-state index in [0.29, 0.717) is 28.1 Å². The van der Waals surface area contributed by atoms with Crippen LogP contribution in [0.1, 0.15) is 6.92 Å². The molecule has 4 rings (SSSR count). The summed E-state index contributed by atoms with van der Waals surface area (Å²) < 4.78 is 20.5. The zero-order chi connectivity index (χ0) is 22.5. The molecule has 1 heterocycles. The van der Waals surface area contributed by atoms with Crippen LogP contribution in [0.3, 0.4) is 0 Å². The molecule has 1 atom stereocenters. The van der Waals surface area contributed by atoms with E-state index in [0.717, 1.165) is 5.56 Å². The smallest absolute Gasteiger partial charge is 0.237 e. The Morgan fingerprint density at radius 2 is 1.69 bits per heavy atom. The van der Waals surface area contributed by atoms with Crippen LogP contribution in [0.5, 0.6) is 5.75 Å². The second-order valence-corrected chi connectivity index (χ2v) is 8.27. The number of amides is 1. The molecule has 1 amide bonds. The summed E-state index contributed by atoms with van der Waals surface area (Å²) in [6, 6.07) is 22.8. The number of carbonyl (C=O) groups is 1. The number of carbonyl (C=O) groups excluding carboxylic acids is 1. The van der Waals surface area contributed by atoms with Crippen LogP contribution in [-0.4, -0.2) is 33.0 Å². The van der Waals surface area contributed by atoms with Gasteiger partial charge in [-0.25, -0.2) is 4.39 Å². The van der Waals surface area contributed by atoms with Gasteiger partial charge in [-0.15, -0.1) is 10.2 Å². The van der Waals surface area contributed by atoms with Crippen molar-refractivity contribution in [2.45, 2.75) is 17.3 Å². The van der Waals surface area contributed by atoms with Crippen molar-refractivity contribution in [3.8, 4) is 22.8 Å². The minimum atomic E-state index is -0.455. The van der Waals surface area contributed by atoms with E-state index in [1.54, 1.807) is 50.4 Å². The van der Waals surface area contributed by atoms with Crippen LogP contribution in [-0.2, 0) is 4.79 Å². The van der Waals surface area contributed by atoms with Gasteiger partial charge in [0.2, 0.25) is 5.91 Å². The van der Waals surface area contributed by atoms with Gasteiger partial charge in [-0.05, 0) is 55.5 Å². The third kappa shape index (κ3) is 4.81. The molecule has 0 saturated carbocycles. The third-order valence-corrected chi connectivity index (χ3v) is 5.80. The van der Waals surface area contributed by atoms with Gasteiger partial charge in [0.25, 0.3) is 0 Å². The highest BCUT2D eigenvalue weighted by molar-refractivity contribution is 8.00. The largest absolute Gasteiger partial charge is 0.497 e. The van der Waals surface area contributed by atoms with Gasteiger partial charge in [-0.3, -0.25) is 9.36 Å². The first-order valence-electron chi connectivity index (χ1n) is 9.93. The average molecular weight is 449 g/mol. The molecule has 1 N–H and O–H groups in total. The standard InChI is InChI=1S/C24H21FN4O2S/c1-16(23(30)26-19-10-14-21(31-2)15-11-19)32-24-28-27-22(17-6-4-3-5-7-17)29(24)20-12-8-18(25)9-13-20/h3-16H,1-2H3,(H,26,30). The van der Waals surface area contributed by atoms with Crippen LogP contribution in [0.2, 0.25) is 0 Å². The summed E-state index contributed by atoms with van der Waals surface area (Å²) in [5.41, 5.74) is 2.25. The lowest BCUT2D eigenvalue weighted by Gasteiger charge is -2.14. The van der Waals surface area contributed by atoms with E-state index in [1.165, 1.54) is 23.9 Å². The summed E-state index contributed by atoms with van der Waals surface area (Å²) in [4.78, 5) is 12.8. The Kier molecular flexibility index (Phi) is 6.51. The van der Waals surface area contributed by atoms with E-state index in [9.17, 15) is 9.18 Å². The summed E-state index contributed by atoms with van der Waals surface area (Å²) in [6.45, 7) is 1.80. The number of benzene rings is 3. The van der Waals surface area contributed by atoms with Gasteiger partial charge in [-0.1, -0.05) is 42.1 Å². The van der Waals surface area contributed by atoms with E-state index in [2.05, 4.69) is 15.5 Å². The first-order valence-corrected chi connectivity index (χ1v) is 10.8. The topological polar surface area (TPSA) is 69.0 Å². The zero-order valence-corrected chi connectivity index (χ0v) is 18.3. The molecular weight excluding hydrogens is 427 g/mol. The molecule has 0 spiro atoms. The molecule has 32 heavy (non-hydrogen) atoms. The normalized spacial score (nSPS) is 11.7. The van der Waals surface area contributed by atoms with Gasteiger partial charge in [-0.2, -0.15) is 0 Å². The summed E-state index contributed by atoms with van der Waals surface area (Å²) in [7, 11) is 1.59. The fourth-order valence-electron chi connectivity index (χ4n) is 3.07. The number of nitrogens with one attached hydrogen (secondary N) is 1. The minimum Gasteiger partial charge on any atom is -0.497 e. The van der Waals surface area contributed by atoms with E-state index >= 15 is 0 Å². The highest BCUT2D eigenvalue weighted by Gasteiger charge is 2.22. The maximum Gasteiger partial charge on any atom is 0.237 e. The maximum absolute atomic E-state index is 13.5. The van der Waals surface area contributed by atoms with Crippen molar-refractivity contribution in [2.75, 3.05) is 12.4 Å². The van der Waals surface area contributed by atoms with Gasteiger partial charge in [0, 0.05) is 16.9 Å². The number of aromatic nitrogens is 3. The van der Waals surface area contributed by atoms with Gasteiger partial charge >= 0.3 is 0 Å². The average Bonchev–Trinajstić information content (AvgIpc) is 3.24. The zero-order valence-electron chi connectivity index (χ0n) is 17.5. The number of methoxy groups -OCH3 is 1. The van der Waals surface area contributed by atoms with E-state index in [1.807, 2.05) is 34.9 Å². The Hall–Kier alpha value is -3.65. The number of anilines is 1. The van der Waals surface area contributed by atoms with Crippen molar-refractivity contribution in [2.24, 2.45) is 0 Å². The summed E-state index contributed by atoms with van der Waals surface area (Å²) in [5.74, 6) is 0.827. The van der Waals surface area contributed by atoms with E-state index < -0.39 is 5.25 Å². The molecule has 0 bridgehead atoms. The van der Waals surface area contributed by atoms with E-state index in [4.69, 9.17) is 4.74 Å². The Morgan fingerprint density at radius 1 is 1.00 bits per heavy atom. The van der Waals surface area contributed by atoms with Gasteiger partial charge in [0.15, 0.2) is 11.0 Å². The predicted octanol–water partition coefficient (Wildman–Crippen LogP) is 5.20. The van der Waals surface area contributed by atoms with Crippen LogP contribution in [0.4, 0.5) is 10.1 Å². The van der Waals surface area contributed by atoms with E-state index in [-0.39, 0.29) is 11.7 Å². The molecule has 0 saturated heterocycles. The molecule has 0 aliphatic heterocycles. The van der Waals surface area contributed by atoms with Gasteiger partial charge in [0.1, 0.15) is 11.6 Å². The molecule has 1 aromatic heterocycles. The van der Waals surface area contributed by atoms with Crippen LogP contribution >= 0.6 is 11.8 Å². The molecule has 1 unspecified atom stereocenters. The first kappa shape index (κ1) is 21.6. The number of hydrogen-bond donors (Lipinski definition) is 1. The fraction of sp³-hybridized carbons (Fsp3) is 0.125. The Bertz CT molecular complexity index is 1200. The lowest BCUT2D eigenvalue weighted by molar-refractivity contribution is -0.115. The molecule has 8 heteroatoms. The maximum atomic E-state index is 13.5. The second kappa shape index (κ2) is 9.65. The summed E-state index contributed by atoms with van der Waals surface area (Å²) in [5, 5.41) is 11.7. The number of halogens is 1. The predicted molar refractivity (Wildman–Crippen MR) is 124 cm³/mol. The van der Waals surface area contributed by atoms with Crippen LogP contribution < -0.4 is 10.1 Å². The van der Waals surface area contributed by atoms with Gasteiger partial charge < -0.3 is 10.1 Å². The molecule has 0 aliphatic carbocycles. The van der Waals surface area contributed by atoms with Crippen LogP contribution in [0, 0.1) is 5.82 Å². The first-order chi connectivity index (χ1) is 15.5. The molecule has 4 aromatic rings. The SMILES string of the molecule is COc1ccc(NC(=O)C(C)Sc2nnc(-c3ccccc3)n2-c2ccc(F)cc2)cc1. The number of rotatable bonds is 7. The van der Waals surface area contributed by atoms with Crippen molar-refractivity contribution >= 4 is 23.4 Å². The quantitative estimate of drug-likeness (QED) is 0.394. The summed E-state index contributed by atoms with van der Waals surface area (Å²) in [6.07, 6.45) is 0. The Balaban J connectivity index is 1.60. The van der Waals surface area contributed by atoms with Crippen molar-refractivity contribution < 1.29 is 13.9 Å². The van der Waals surface area contributed by atoms with Crippen LogP contribution in [0.15, 0.2) is 84.0 Å². The van der Waals surface area contributed by atoms with Crippen LogP contribution in [0.25, 0.3) is 17.1 Å². The third-order valence-electron chi connectivity index (χ3n) is 4.76. The number of ether oxygens (including phenoxy) is 1. The molecule has 3 aromatic carbocycles. The van der Waals surface area contributed by atoms with Crippen molar-refractivity contribution in [3.05, 3.63) is 84.7 Å². The summed E-state index contributed by atoms with van der Waals surface area (Å²) >= 11 is 1.28. The second-order valence-electron chi connectivity index (χ2n) is 6.96. The molecule has 0 fully saturated rings. The lowest BCUT2D eigenvalue weighted by Crippen LogP contribution is -2.22. The molecule has 0 radical (unpaired) electrons. The van der Waals surface area contributed by atoms with Crippen molar-refractivity contribution in [1.82, 2.24) is 14.8 Å². The lowest BCUT2D eigenvalue weighted by atomic mass is 10.2. The van der Waals surface area contributed by atoms with Crippen molar-refractivity contribution in [3.63, 3.8) is 0 Å². The fourth-order valence-corrected chi connectivity index (χ4v) is 3.94.